The van der Waals surface area contributed by atoms with Crippen molar-refractivity contribution in [1.82, 2.24) is 15.1 Å². The summed E-state index contributed by atoms with van der Waals surface area (Å²) < 4.78 is 5.12. The van der Waals surface area contributed by atoms with Crippen molar-refractivity contribution in [1.29, 1.82) is 0 Å². The van der Waals surface area contributed by atoms with Crippen molar-refractivity contribution in [2.75, 3.05) is 34.3 Å². The molecule has 1 heterocycles. The zero-order valence-corrected chi connectivity index (χ0v) is 14.9. The second kappa shape index (κ2) is 8.50. The molecule has 25 heavy (non-hydrogen) atoms. The summed E-state index contributed by atoms with van der Waals surface area (Å²) in [5.74, 6) is 0.169. The van der Waals surface area contributed by atoms with Gasteiger partial charge in [0.15, 0.2) is 0 Å². The molecular formula is C18H25N3O4. The minimum atomic E-state index is -0.361. The average Bonchev–Trinajstić information content (AvgIpc) is 2.96. The van der Waals surface area contributed by atoms with Crippen LogP contribution in [0, 0.1) is 5.92 Å². The highest BCUT2D eigenvalue weighted by Crippen LogP contribution is 2.21. The number of carbonyl (C=O) groups is 3. The van der Waals surface area contributed by atoms with E-state index in [0.717, 1.165) is 11.3 Å². The largest absolute Gasteiger partial charge is 0.497 e. The predicted molar refractivity (Wildman–Crippen MR) is 92.8 cm³/mol. The van der Waals surface area contributed by atoms with Crippen LogP contribution in [-0.4, -0.2) is 61.8 Å². The standard InChI is InChI=1S/C18H25N3O4/c1-20(2)16(22)8-9-19-18(24)14-10-17(23)21(12-14)11-13-4-6-15(25-3)7-5-13/h4-7,14H,8-12H2,1-3H3,(H,19,24)/t14-/m1/s1. The van der Waals surface area contributed by atoms with E-state index in [2.05, 4.69) is 5.32 Å². The van der Waals surface area contributed by atoms with Gasteiger partial charge in [-0.3, -0.25) is 14.4 Å². The molecule has 1 aromatic carbocycles. The number of benzene rings is 1. The van der Waals surface area contributed by atoms with Gasteiger partial charge >= 0.3 is 0 Å². The number of hydrogen-bond donors (Lipinski definition) is 1. The molecule has 7 heteroatoms. The molecule has 1 aliphatic heterocycles. The first-order valence-corrected chi connectivity index (χ1v) is 8.29. The second-order valence-corrected chi connectivity index (χ2v) is 6.35. The third-order valence-electron chi connectivity index (χ3n) is 4.25. The molecule has 0 aromatic heterocycles. The number of hydrogen-bond acceptors (Lipinski definition) is 4. The van der Waals surface area contributed by atoms with Crippen LogP contribution in [0.2, 0.25) is 0 Å². The molecule has 0 saturated carbocycles. The number of nitrogens with one attached hydrogen (secondary N) is 1. The number of rotatable bonds is 7. The van der Waals surface area contributed by atoms with Gasteiger partial charge in [-0.15, -0.1) is 0 Å². The van der Waals surface area contributed by atoms with Crippen molar-refractivity contribution in [3.8, 4) is 5.75 Å². The summed E-state index contributed by atoms with van der Waals surface area (Å²) in [6, 6.07) is 7.52. The van der Waals surface area contributed by atoms with Gasteiger partial charge in [0.1, 0.15) is 5.75 Å². The van der Waals surface area contributed by atoms with Gasteiger partial charge in [-0.05, 0) is 17.7 Å². The summed E-state index contributed by atoms with van der Waals surface area (Å²) in [7, 11) is 4.96. The first kappa shape index (κ1) is 18.8. The van der Waals surface area contributed by atoms with Crippen molar-refractivity contribution >= 4 is 17.7 Å². The normalized spacial score (nSPS) is 16.7. The molecule has 1 N–H and O–H groups in total. The van der Waals surface area contributed by atoms with E-state index in [1.165, 1.54) is 4.90 Å². The minimum absolute atomic E-state index is 0.0275. The summed E-state index contributed by atoms with van der Waals surface area (Å²) in [4.78, 5) is 39.0. The number of likely N-dealkylation sites (tertiary alicyclic amines) is 1. The van der Waals surface area contributed by atoms with Gasteiger partial charge in [-0.25, -0.2) is 0 Å². The highest BCUT2D eigenvalue weighted by Gasteiger charge is 2.34. The molecule has 1 aromatic rings. The number of nitrogens with zero attached hydrogens (tertiary/aromatic N) is 2. The number of methoxy groups -OCH3 is 1. The zero-order valence-electron chi connectivity index (χ0n) is 14.9. The van der Waals surface area contributed by atoms with E-state index in [-0.39, 0.29) is 36.5 Å². The predicted octanol–water partition coefficient (Wildman–Crippen LogP) is 0.638. The van der Waals surface area contributed by atoms with Gasteiger partial charge in [0.25, 0.3) is 0 Å². The highest BCUT2D eigenvalue weighted by atomic mass is 16.5. The fourth-order valence-corrected chi connectivity index (χ4v) is 2.71. The quantitative estimate of drug-likeness (QED) is 0.785. The van der Waals surface area contributed by atoms with Gasteiger partial charge in [0, 0.05) is 46.6 Å². The molecule has 3 amide bonds. The molecule has 1 fully saturated rings. The van der Waals surface area contributed by atoms with Crippen LogP contribution in [0.25, 0.3) is 0 Å². The van der Waals surface area contributed by atoms with E-state index in [1.54, 1.807) is 26.1 Å². The van der Waals surface area contributed by atoms with Gasteiger partial charge in [0.05, 0.1) is 13.0 Å². The fourth-order valence-electron chi connectivity index (χ4n) is 2.71. The lowest BCUT2D eigenvalue weighted by Crippen LogP contribution is -2.35. The Labute approximate surface area is 147 Å². The highest BCUT2D eigenvalue weighted by molar-refractivity contribution is 5.89. The molecule has 0 spiro atoms. The summed E-state index contributed by atoms with van der Waals surface area (Å²) in [5.41, 5.74) is 0.992. The first-order chi connectivity index (χ1) is 11.9. The number of carbonyl (C=O) groups excluding carboxylic acids is 3. The van der Waals surface area contributed by atoms with Crippen LogP contribution in [0.3, 0.4) is 0 Å². The Hall–Kier alpha value is -2.57. The topological polar surface area (TPSA) is 79.0 Å². The van der Waals surface area contributed by atoms with Crippen molar-refractivity contribution in [3.63, 3.8) is 0 Å². The number of amides is 3. The summed E-state index contributed by atoms with van der Waals surface area (Å²) in [6.45, 7) is 1.17. The Morgan fingerprint density at radius 2 is 1.96 bits per heavy atom. The lowest BCUT2D eigenvalue weighted by Gasteiger charge is -2.17. The maximum Gasteiger partial charge on any atom is 0.225 e. The van der Waals surface area contributed by atoms with Crippen LogP contribution in [0.15, 0.2) is 24.3 Å². The molecular weight excluding hydrogens is 322 g/mol. The van der Waals surface area contributed by atoms with E-state index < -0.39 is 0 Å². The third-order valence-corrected chi connectivity index (χ3v) is 4.25. The van der Waals surface area contributed by atoms with Crippen LogP contribution < -0.4 is 10.1 Å². The third kappa shape index (κ3) is 5.20. The molecule has 0 aliphatic carbocycles. The van der Waals surface area contributed by atoms with Crippen LogP contribution in [-0.2, 0) is 20.9 Å². The summed E-state index contributed by atoms with van der Waals surface area (Å²) in [5, 5.41) is 2.75. The van der Waals surface area contributed by atoms with Crippen molar-refractivity contribution in [2.45, 2.75) is 19.4 Å². The summed E-state index contributed by atoms with van der Waals surface area (Å²) in [6.07, 6.45) is 0.471. The SMILES string of the molecule is COc1ccc(CN2C[C@H](C(=O)NCCC(=O)N(C)C)CC2=O)cc1. The summed E-state index contributed by atoms with van der Waals surface area (Å²) >= 11 is 0. The van der Waals surface area contributed by atoms with Crippen molar-refractivity contribution < 1.29 is 19.1 Å². The van der Waals surface area contributed by atoms with E-state index in [9.17, 15) is 14.4 Å². The molecule has 0 bridgehead atoms. The average molecular weight is 347 g/mol. The lowest BCUT2D eigenvalue weighted by molar-refractivity contribution is -0.130. The van der Waals surface area contributed by atoms with Gasteiger partial charge < -0.3 is 19.9 Å². The van der Waals surface area contributed by atoms with Crippen LogP contribution in [0.1, 0.15) is 18.4 Å². The molecule has 1 atom stereocenters. The van der Waals surface area contributed by atoms with Crippen LogP contribution in [0.5, 0.6) is 5.75 Å². The van der Waals surface area contributed by atoms with Gasteiger partial charge in [-0.2, -0.15) is 0 Å². The molecule has 2 rings (SSSR count). The maximum atomic E-state index is 12.2. The first-order valence-electron chi connectivity index (χ1n) is 8.29. The Morgan fingerprint density at radius 3 is 2.56 bits per heavy atom. The maximum absolute atomic E-state index is 12.2. The van der Waals surface area contributed by atoms with Gasteiger partial charge in [-0.1, -0.05) is 12.1 Å². The van der Waals surface area contributed by atoms with E-state index in [0.29, 0.717) is 19.6 Å². The van der Waals surface area contributed by atoms with Crippen LogP contribution >= 0.6 is 0 Å². The van der Waals surface area contributed by atoms with E-state index in [1.807, 2.05) is 24.3 Å². The lowest BCUT2D eigenvalue weighted by atomic mass is 10.1. The monoisotopic (exact) mass is 347 g/mol. The Balaban J connectivity index is 1.82. The zero-order chi connectivity index (χ0) is 18.4. The van der Waals surface area contributed by atoms with Gasteiger partial charge in [0.2, 0.25) is 17.7 Å². The van der Waals surface area contributed by atoms with Crippen molar-refractivity contribution in [2.24, 2.45) is 5.92 Å². The Kier molecular flexibility index (Phi) is 6.38. The second-order valence-electron chi connectivity index (χ2n) is 6.35. The smallest absolute Gasteiger partial charge is 0.225 e. The van der Waals surface area contributed by atoms with Crippen molar-refractivity contribution in [3.05, 3.63) is 29.8 Å². The molecule has 0 unspecified atom stereocenters. The van der Waals surface area contributed by atoms with E-state index in [4.69, 9.17) is 4.74 Å². The molecule has 136 valence electrons. The molecule has 7 nitrogen and oxygen atoms in total. The Bertz CT molecular complexity index is 628. The molecule has 1 saturated heterocycles. The minimum Gasteiger partial charge on any atom is -0.497 e. The van der Waals surface area contributed by atoms with E-state index >= 15 is 0 Å². The molecule has 0 radical (unpaired) electrons. The molecule has 1 aliphatic rings. The fraction of sp³-hybridized carbons (Fsp3) is 0.500. The number of ether oxygens (including phenoxy) is 1. The Morgan fingerprint density at radius 1 is 1.28 bits per heavy atom. The van der Waals surface area contributed by atoms with Crippen LogP contribution in [0.4, 0.5) is 0 Å².